The Bertz CT molecular complexity index is 1520. The van der Waals surface area contributed by atoms with Gasteiger partial charge in [-0.1, -0.05) is 36.4 Å². The number of aromatic nitrogens is 6. The molecular formula is C30H32N6O12P4. The molecule has 0 saturated carbocycles. The number of hydrogen-bond acceptors (Lipinski definition) is 10. The van der Waals surface area contributed by atoms with E-state index in [-0.39, 0.29) is 0 Å². The second kappa shape index (κ2) is 28.9. The van der Waals surface area contributed by atoms with Gasteiger partial charge in [-0.15, -0.1) is 0 Å². The van der Waals surface area contributed by atoms with Crippen LogP contribution in [0.25, 0.3) is 17.5 Å². The summed E-state index contributed by atoms with van der Waals surface area (Å²) in [6.07, 6.45) is 17.2. The molecule has 5 N–H and O–H groups in total. The van der Waals surface area contributed by atoms with Crippen molar-refractivity contribution < 1.29 is 71.1 Å². The van der Waals surface area contributed by atoms with Gasteiger partial charge in [0.2, 0.25) is 0 Å². The second-order valence-electron chi connectivity index (χ2n) is 8.54. The first kappa shape index (κ1) is 47.2. The molecule has 18 nitrogen and oxygen atoms in total. The van der Waals surface area contributed by atoms with Crippen molar-refractivity contribution in [1.29, 1.82) is 0 Å². The maximum absolute atomic E-state index is 8.88. The SMILES string of the molecule is O=P(O)(O)O.O=P([O-])([O-])[O-].O=PO.O=PO.c1cc[n+](-c2ccccn2)cc1.c1cc[n+](-c2ccccn2)cc1.c1cc[n+](-c2ccccn2)cc1. The lowest BCUT2D eigenvalue weighted by Gasteiger charge is -2.36. The Morgan fingerprint density at radius 3 is 0.808 bits per heavy atom. The highest BCUT2D eigenvalue weighted by atomic mass is 31.2. The summed E-state index contributed by atoms with van der Waals surface area (Å²) in [7, 11) is -11.7. The van der Waals surface area contributed by atoms with Gasteiger partial charge in [-0.05, 0) is 69.5 Å². The maximum atomic E-state index is 8.88. The molecule has 22 heteroatoms. The lowest BCUT2D eigenvalue weighted by molar-refractivity contribution is -0.599. The molecule has 0 fully saturated rings. The molecule has 52 heavy (non-hydrogen) atoms. The Balaban J connectivity index is 0.000000626. The standard InChI is InChI=1S/3C10H9N2.2H3O4P.2HO2P/c3*1-4-8-12(9-5-1)10-6-2-3-7-11-10;2*1-5(2,3)4;2*1-3-2/h3*1-9H;2*(H3,1,2,3,4);2*(H,1,2)/q3*+1;;;;/p-3. The summed E-state index contributed by atoms with van der Waals surface area (Å²) in [4.78, 5) is 73.8. The average molecular weight is 793 g/mol. The molecule has 0 aromatic carbocycles. The van der Waals surface area contributed by atoms with E-state index >= 15 is 0 Å². The number of rotatable bonds is 3. The van der Waals surface area contributed by atoms with Crippen LogP contribution in [0.1, 0.15) is 0 Å². The zero-order valence-corrected chi connectivity index (χ0v) is 30.2. The molecule has 0 unspecified atom stereocenters. The number of phosphoric acid groups is 2. The van der Waals surface area contributed by atoms with Gasteiger partial charge in [-0.2, -0.15) is 7.82 Å². The van der Waals surface area contributed by atoms with E-state index < -0.39 is 33.0 Å². The third-order valence-electron chi connectivity index (χ3n) is 4.89. The molecule has 0 aliphatic carbocycles. The lowest BCUT2D eigenvalue weighted by atomic mass is 10.4. The lowest BCUT2D eigenvalue weighted by Crippen LogP contribution is -2.29. The number of pyridine rings is 6. The number of hydrogen-bond donors (Lipinski definition) is 5. The van der Waals surface area contributed by atoms with Crippen LogP contribution in [0.5, 0.6) is 0 Å². The molecule has 0 bridgehead atoms. The Morgan fingerprint density at radius 1 is 0.462 bits per heavy atom. The van der Waals surface area contributed by atoms with Crippen molar-refractivity contribution in [2.24, 2.45) is 0 Å². The minimum Gasteiger partial charge on any atom is -0.822 e. The van der Waals surface area contributed by atoms with Crippen LogP contribution in [-0.2, 0) is 18.3 Å². The van der Waals surface area contributed by atoms with E-state index in [4.69, 9.17) is 57.4 Å². The van der Waals surface area contributed by atoms with Gasteiger partial charge in [-0.25, -0.2) is 27.4 Å². The van der Waals surface area contributed by atoms with Crippen molar-refractivity contribution in [3.8, 4) is 17.5 Å². The molecule has 274 valence electrons. The highest BCUT2D eigenvalue weighted by molar-refractivity contribution is 7.45. The molecule has 6 heterocycles. The normalized spacial score (nSPS) is 9.77. The fourth-order valence-electron chi connectivity index (χ4n) is 3.17. The molecule has 0 amide bonds. The minimum absolute atomic E-state index is 0.833. The molecule has 6 aromatic rings. The first-order chi connectivity index (χ1) is 24.7. The second-order valence-corrected chi connectivity index (χ2v) is 10.8. The maximum Gasteiger partial charge on any atom is 0.466 e. The van der Waals surface area contributed by atoms with E-state index in [9.17, 15) is 0 Å². The van der Waals surface area contributed by atoms with E-state index in [0.717, 1.165) is 17.5 Å². The average Bonchev–Trinajstić information content (AvgIpc) is 3.14. The van der Waals surface area contributed by atoms with Crippen molar-refractivity contribution in [1.82, 2.24) is 15.0 Å². The van der Waals surface area contributed by atoms with Crippen LogP contribution < -0.4 is 28.4 Å². The molecule has 6 rings (SSSR count). The summed E-state index contributed by atoms with van der Waals surface area (Å²) >= 11 is 0. The molecule has 0 aliphatic heterocycles. The predicted octanol–water partition coefficient (Wildman–Crippen LogP) is 0.692. The molecule has 0 spiro atoms. The minimum atomic E-state index is -5.39. The molecular weight excluding hydrogens is 760 g/mol. The quantitative estimate of drug-likeness (QED) is 0.122. The van der Waals surface area contributed by atoms with Gasteiger partial charge < -0.3 is 43.7 Å². The predicted molar refractivity (Wildman–Crippen MR) is 179 cm³/mol. The van der Waals surface area contributed by atoms with Crippen molar-refractivity contribution in [2.75, 3.05) is 0 Å². The monoisotopic (exact) mass is 792 g/mol. The summed E-state index contributed by atoms with van der Waals surface area (Å²) in [6.45, 7) is 0. The first-order valence-electron chi connectivity index (χ1n) is 13.8. The highest BCUT2D eigenvalue weighted by Gasteiger charge is 2.03. The fourth-order valence-corrected chi connectivity index (χ4v) is 3.17. The summed E-state index contributed by atoms with van der Waals surface area (Å²) in [5, 5.41) is 0. The zero-order valence-electron chi connectivity index (χ0n) is 26.7. The summed E-state index contributed by atoms with van der Waals surface area (Å²) < 4.78 is 40.3. The van der Waals surface area contributed by atoms with Crippen LogP contribution >= 0.6 is 33.0 Å². The van der Waals surface area contributed by atoms with Crippen LogP contribution in [0.3, 0.4) is 0 Å². The van der Waals surface area contributed by atoms with Gasteiger partial charge in [-0.3, -0.25) is 0 Å². The van der Waals surface area contributed by atoms with E-state index in [1.165, 1.54) is 0 Å². The third kappa shape index (κ3) is 29.0. The van der Waals surface area contributed by atoms with Gasteiger partial charge in [0.15, 0.2) is 0 Å². The van der Waals surface area contributed by atoms with Crippen LogP contribution in [-0.4, -0.2) is 39.4 Å². The first-order valence-corrected chi connectivity index (χ1v) is 18.4. The largest absolute Gasteiger partial charge is 0.822 e. The van der Waals surface area contributed by atoms with Crippen LogP contribution in [0.15, 0.2) is 165 Å². The Hall–Kier alpha value is -4.76. The Labute approximate surface area is 301 Å². The number of nitrogens with zero attached hydrogens (tertiary/aromatic N) is 6. The fraction of sp³-hybridized carbons (Fsp3) is 0. The third-order valence-corrected chi connectivity index (χ3v) is 4.89. The van der Waals surface area contributed by atoms with Crippen molar-refractivity contribution >= 4 is 33.0 Å². The van der Waals surface area contributed by atoms with Gasteiger partial charge in [0.1, 0.15) is 18.6 Å². The Morgan fingerprint density at radius 2 is 0.654 bits per heavy atom. The van der Waals surface area contributed by atoms with E-state index in [1.807, 2.05) is 160 Å². The zero-order chi connectivity index (χ0) is 39.1. The summed E-state index contributed by atoms with van der Waals surface area (Å²) in [5.41, 5.74) is 0. The van der Waals surface area contributed by atoms with Crippen molar-refractivity contribution in [3.05, 3.63) is 165 Å². The Kier molecular flexibility index (Phi) is 26.2. The van der Waals surface area contributed by atoms with E-state index in [2.05, 4.69) is 15.0 Å². The summed E-state index contributed by atoms with van der Waals surface area (Å²) in [6, 6.07) is 35.4. The van der Waals surface area contributed by atoms with Crippen molar-refractivity contribution in [2.45, 2.75) is 0 Å². The molecule has 0 saturated heterocycles. The molecule has 6 aromatic heterocycles. The highest BCUT2D eigenvalue weighted by Crippen LogP contribution is 2.25. The van der Waals surface area contributed by atoms with Gasteiger partial charge in [0, 0.05) is 18.2 Å². The van der Waals surface area contributed by atoms with Gasteiger partial charge in [0.25, 0.3) is 0 Å². The van der Waals surface area contributed by atoms with Crippen LogP contribution in [0.2, 0.25) is 0 Å². The topological polar surface area (TPSA) is 289 Å². The van der Waals surface area contributed by atoms with E-state index in [0.29, 0.717) is 0 Å². The smallest absolute Gasteiger partial charge is 0.466 e. The van der Waals surface area contributed by atoms with Crippen LogP contribution in [0.4, 0.5) is 0 Å². The summed E-state index contributed by atoms with van der Waals surface area (Å²) in [5.74, 6) is 2.83. The van der Waals surface area contributed by atoms with Crippen molar-refractivity contribution in [3.63, 3.8) is 0 Å². The van der Waals surface area contributed by atoms with Gasteiger partial charge >= 0.3 is 42.7 Å². The van der Waals surface area contributed by atoms with Gasteiger partial charge in [0.05, 0.1) is 37.2 Å². The van der Waals surface area contributed by atoms with Crippen LogP contribution in [0, 0.1) is 0 Å². The van der Waals surface area contributed by atoms with E-state index in [1.54, 1.807) is 18.6 Å². The molecule has 0 atom stereocenters. The molecule has 0 aliphatic rings. The molecule has 0 radical (unpaired) electrons.